The highest BCUT2D eigenvalue weighted by atomic mass is 16.5. The first-order valence-corrected chi connectivity index (χ1v) is 8.09. The number of fused-ring (bicyclic) bond motifs is 1. The highest BCUT2D eigenvalue weighted by Gasteiger charge is 2.19. The summed E-state index contributed by atoms with van der Waals surface area (Å²) in [6.45, 7) is 0. The standard InChI is InChI=1S/C20H15NO7/c1-26-18(23)12-7-8-14(19(24)27-2)15(9-12)21-17(22)16-10-11-5-3-4-6-13(11)20(25)28-16/h3-10H,1-2H3,(H,21,22). The summed E-state index contributed by atoms with van der Waals surface area (Å²) in [7, 11) is 2.39. The Bertz CT molecular complexity index is 1150. The van der Waals surface area contributed by atoms with Gasteiger partial charge >= 0.3 is 17.6 Å². The Hall–Kier alpha value is -3.94. The summed E-state index contributed by atoms with van der Waals surface area (Å²) in [6, 6.07) is 12.0. The van der Waals surface area contributed by atoms with E-state index in [9.17, 15) is 19.2 Å². The Kier molecular flexibility index (Phi) is 5.21. The fourth-order valence-corrected chi connectivity index (χ4v) is 2.61. The van der Waals surface area contributed by atoms with Gasteiger partial charge < -0.3 is 19.2 Å². The van der Waals surface area contributed by atoms with Crippen molar-refractivity contribution in [2.75, 3.05) is 19.5 Å². The normalized spacial score (nSPS) is 10.4. The van der Waals surface area contributed by atoms with Crippen LogP contribution in [0.2, 0.25) is 0 Å². The van der Waals surface area contributed by atoms with Gasteiger partial charge in [0.1, 0.15) is 0 Å². The summed E-state index contributed by atoms with van der Waals surface area (Å²) in [4.78, 5) is 48.4. The molecule has 0 atom stereocenters. The van der Waals surface area contributed by atoms with Gasteiger partial charge in [-0.2, -0.15) is 0 Å². The quantitative estimate of drug-likeness (QED) is 0.691. The van der Waals surface area contributed by atoms with Crippen LogP contribution in [0.4, 0.5) is 5.69 Å². The Labute approximate surface area is 158 Å². The average Bonchev–Trinajstić information content (AvgIpc) is 2.72. The van der Waals surface area contributed by atoms with Crippen molar-refractivity contribution in [3.63, 3.8) is 0 Å². The topological polar surface area (TPSA) is 112 Å². The van der Waals surface area contributed by atoms with Gasteiger partial charge in [0.05, 0.1) is 36.4 Å². The number of carbonyl (C=O) groups excluding carboxylic acids is 3. The van der Waals surface area contributed by atoms with Crippen LogP contribution in [0.1, 0.15) is 31.3 Å². The molecule has 8 nitrogen and oxygen atoms in total. The second kappa shape index (κ2) is 7.75. The summed E-state index contributed by atoms with van der Waals surface area (Å²) in [5.74, 6) is -2.38. The third-order valence-corrected chi connectivity index (χ3v) is 3.99. The third kappa shape index (κ3) is 3.61. The fourth-order valence-electron chi connectivity index (χ4n) is 2.61. The molecule has 1 N–H and O–H groups in total. The van der Waals surface area contributed by atoms with Gasteiger partial charge in [0.2, 0.25) is 0 Å². The summed E-state index contributed by atoms with van der Waals surface area (Å²) >= 11 is 0. The number of amides is 1. The van der Waals surface area contributed by atoms with Crippen LogP contribution in [0, 0.1) is 0 Å². The van der Waals surface area contributed by atoms with E-state index in [0.717, 1.165) is 0 Å². The second-order valence-corrected chi connectivity index (χ2v) is 5.68. The molecule has 3 aromatic rings. The van der Waals surface area contributed by atoms with Crippen molar-refractivity contribution in [1.29, 1.82) is 0 Å². The minimum atomic E-state index is -0.768. The van der Waals surface area contributed by atoms with Crippen molar-refractivity contribution in [3.8, 4) is 0 Å². The number of anilines is 1. The Morgan fingerprint density at radius 1 is 0.929 bits per heavy atom. The van der Waals surface area contributed by atoms with Crippen molar-refractivity contribution in [1.82, 2.24) is 0 Å². The van der Waals surface area contributed by atoms with Gasteiger partial charge in [-0.3, -0.25) is 4.79 Å². The number of carbonyl (C=O) groups is 3. The zero-order valence-corrected chi connectivity index (χ0v) is 15.0. The highest BCUT2D eigenvalue weighted by molar-refractivity contribution is 6.08. The molecule has 0 fully saturated rings. The number of rotatable bonds is 4. The van der Waals surface area contributed by atoms with E-state index in [1.807, 2.05) is 0 Å². The van der Waals surface area contributed by atoms with Crippen LogP contribution in [0.5, 0.6) is 0 Å². The molecule has 0 spiro atoms. The van der Waals surface area contributed by atoms with E-state index in [4.69, 9.17) is 4.42 Å². The predicted molar refractivity (Wildman–Crippen MR) is 99.6 cm³/mol. The highest BCUT2D eigenvalue weighted by Crippen LogP contribution is 2.21. The summed E-state index contributed by atoms with van der Waals surface area (Å²) in [6.07, 6.45) is 0. The monoisotopic (exact) mass is 381 g/mol. The molecule has 8 heteroatoms. The van der Waals surface area contributed by atoms with E-state index in [-0.39, 0.29) is 22.6 Å². The van der Waals surface area contributed by atoms with E-state index in [2.05, 4.69) is 14.8 Å². The smallest absolute Gasteiger partial charge is 0.344 e. The molecule has 1 amide bonds. The molecular formula is C20H15NO7. The molecule has 0 aliphatic heterocycles. The molecule has 0 bridgehead atoms. The minimum absolute atomic E-state index is 0.00978. The van der Waals surface area contributed by atoms with Crippen LogP contribution in [0.3, 0.4) is 0 Å². The summed E-state index contributed by atoms with van der Waals surface area (Å²) < 4.78 is 14.4. The van der Waals surface area contributed by atoms with E-state index in [1.165, 1.54) is 38.5 Å². The van der Waals surface area contributed by atoms with Gasteiger partial charge in [-0.15, -0.1) is 0 Å². The molecule has 142 valence electrons. The molecule has 0 aliphatic carbocycles. The van der Waals surface area contributed by atoms with E-state index in [1.54, 1.807) is 24.3 Å². The maximum atomic E-state index is 12.6. The van der Waals surface area contributed by atoms with Crippen molar-refractivity contribution in [2.24, 2.45) is 0 Å². The van der Waals surface area contributed by atoms with Crippen LogP contribution < -0.4 is 10.9 Å². The SMILES string of the molecule is COC(=O)c1ccc(C(=O)OC)c(NC(=O)c2cc3ccccc3c(=O)o2)c1. The number of ether oxygens (including phenoxy) is 2. The lowest BCUT2D eigenvalue weighted by molar-refractivity contribution is 0.0587. The van der Waals surface area contributed by atoms with Crippen molar-refractivity contribution < 1.29 is 28.3 Å². The van der Waals surface area contributed by atoms with E-state index >= 15 is 0 Å². The third-order valence-electron chi connectivity index (χ3n) is 3.99. The van der Waals surface area contributed by atoms with Gasteiger partial charge in [0, 0.05) is 0 Å². The van der Waals surface area contributed by atoms with Crippen molar-refractivity contribution in [3.05, 3.63) is 75.8 Å². The maximum Gasteiger partial charge on any atom is 0.344 e. The van der Waals surface area contributed by atoms with Crippen LogP contribution in [-0.4, -0.2) is 32.1 Å². The van der Waals surface area contributed by atoms with Crippen LogP contribution in [0.25, 0.3) is 10.8 Å². The van der Waals surface area contributed by atoms with Gasteiger partial charge in [-0.25, -0.2) is 14.4 Å². The average molecular weight is 381 g/mol. The maximum absolute atomic E-state index is 12.6. The largest absolute Gasteiger partial charge is 0.465 e. The first-order valence-electron chi connectivity index (χ1n) is 8.09. The zero-order valence-electron chi connectivity index (χ0n) is 15.0. The molecule has 2 aromatic carbocycles. The summed E-state index contributed by atoms with van der Waals surface area (Å²) in [5, 5.41) is 3.34. The van der Waals surface area contributed by atoms with E-state index in [0.29, 0.717) is 10.8 Å². The summed E-state index contributed by atoms with van der Waals surface area (Å²) in [5.41, 5.74) is -0.521. The molecule has 1 heterocycles. The predicted octanol–water partition coefficient (Wildman–Crippen LogP) is 2.62. The molecular weight excluding hydrogens is 366 g/mol. The van der Waals surface area contributed by atoms with Crippen LogP contribution in [-0.2, 0) is 9.47 Å². The molecule has 0 radical (unpaired) electrons. The number of hydrogen-bond acceptors (Lipinski definition) is 7. The lowest BCUT2D eigenvalue weighted by atomic mass is 10.1. The van der Waals surface area contributed by atoms with Crippen LogP contribution in [0.15, 0.2) is 57.7 Å². The second-order valence-electron chi connectivity index (χ2n) is 5.68. The molecule has 3 rings (SSSR count). The number of hydrogen-bond donors (Lipinski definition) is 1. The molecule has 28 heavy (non-hydrogen) atoms. The Morgan fingerprint density at radius 2 is 1.64 bits per heavy atom. The molecule has 0 saturated heterocycles. The molecule has 0 saturated carbocycles. The zero-order chi connectivity index (χ0) is 20.3. The van der Waals surface area contributed by atoms with Gasteiger partial charge in [-0.1, -0.05) is 18.2 Å². The Balaban J connectivity index is 2.02. The molecule has 0 aliphatic rings. The van der Waals surface area contributed by atoms with E-state index < -0.39 is 23.5 Å². The first kappa shape index (κ1) is 18.8. The molecule has 1 aromatic heterocycles. The number of methoxy groups -OCH3 is 2. The van der Waals surface area contributed by atoms with Gasteiger partial charge in [0.15, 0.2) is 5.76 Å². The number of esters is 2. The van der Waals surface area contributed by atoms with Gasteiger partial charge in [-0.05, 0) is 35.7 Å². The first-order chi connectivity index (χ1) is 13.4. The Morgan fingerprint density at radius 3 is 2.36 bits per heavy atom. The van der Waals surface area contributed by atoms with Crippen molar-refractivity contribution in [2.45, 2.75) is 0 Å². The van der Waals surface area contributed by atoms with Crippen LogP contribution >= 0.6 is 0 Å². The minimum Gasteiger partial charge on any atom is -0.465 e. The van der Waals surface area contributed by atoms with Gasteiger partial charge in [0.25, 0.3) is 5.91 Å². The molecule has 0 unspecified atom stereocenters. The fraction of sp³-hybridized carbons (Fsp3) is 0.100. The lowest BCUT2D eigenvalue weighted by Crippen LogP contribution is -2.18. The number of nitrogens with one attached hydrogen (secondary N) is 1. The lowest BCUT2D eigenvalue weighted by Gasteiger charge is -2.11. The van der Waals surface area contributed by atoms with Crippen molar-refractivity contribution >= 4 is 34.3 Å². The number of benzene rings is 2.